The molecule has 10 heterocycles. The summed E-state index contributed by atoms with van der Waals surface area (Å²) in [5.74, 6) is 0.205. The fourth-order valence-electron chi connectivity index (χ4n) is 8.19. The molecule has 6 aromatic heterocycles. The zero-order valence-electron chi connectivity index (χ0n) is 36.4. The Labute approximate surface area is 418 Å². The van der Waals surface area contributed by atoms with Crippen LogP contribution in [0, 0.1) is 0 Å². The van der Waals surface area contributed by atoms with Gasteiger partial charge in [0.2, 0.25) is 0 Å². The number of carbonyl (C=O) groups excluding carboxylic acids is 4. The van der Waals surface area contributed by atoms with Gasteiger partial charge in [-0.3, -0.25) is 14.7 Å². The van der Waals surface area contributed by atoms with Gasteiger partial charge in [-0.05, 0) is 86.5 Å². The Kier molecular flexibility index (Phi) is 17.5. The van der Waals surface area contributed by atoms with Crippen molar-refractivity contribution in [3.63, 3.8) is 0 Å². The first-order valence-corrected chi connectivity index (χ1v) is 26.6. The van der Waals surface area contributed by atoms with E-state index in [1.54, 1.807) is 44.5 Å². The lowest BCUT2D eigenvalue weighted by molar-refractivity contribution is 0.0450. The molecule has 16 nitrogen and oxygen atoms in total. The zero-order valence-corrected chi connectivity index (χ0v) is 41.9. The fourth-order valence-corrected chi connectivity index (χ4v) is 11.6. The molecule has 0 radical (unpaired) electrons. The molecule has 2 unspecified atom stereocenters. The summed E-state index contributed by atoms with van der Waals surface area (Å²) in [6.45, 7) is 7.96. The lowest BCUT2D eigenvalue weighted by Gasteiger charge is -2.30. The Bertz CT molecular complexity index is 2550. The number of hydrogen-bond donors (Lipinski definition) is 1. The second-order valence-electron chi connectivity index (χ2n) is 16.2. The van der Waals surface area contributed by atoms with Crippen LogP contribution in [0.15, 0.2) is 58.2 Å². The number of nitrogens with zero attached hydrogens (tertiary/aromatic N) is 9. The van der Waals surface area contributed by atoms with Gasteiger partial charge in [-0.2, -0.15) is 14.9 Å². The van der Waals surface area contributed by atoms with E-state index in [0.29, 0.717) is 89.4 Å². The molecule has 10 rings (SSSR count). The standard InChI is InChI=1S/C22H24ClN5O3S2.C18H23ClN4O2S.C4H2ClNOS/c23-20-4-3-17(33-20)2-1-16-11-18(25-28(16)21(29)19-13-32-14-24-19)15-5-6-27(12-15)22(30)26-7-9-31-10-8-26;19-17-4-3-15(26-17)2-1-14-11-16(21-20-14)13-5-6-23(12-13)18(24)22-7-9-25-10-8-22;5-4(7)3-1-8-2-6-3/h3-4,11,13-15H,1-2,5-10,12H2;3-4,11,13H,1-2,5-10,12H2,(H,20,21);1-2H. The third-order valence-electron chi connectivity index (χ3n) is 11.8. The number of morpholine rings is 2. The molecular weight excluding hydrogens is 999 g/mol. The lowest BCUT2D eigenvalue weighted by atomic mass is 10.0. The van der Waals surface area contributed by atoms with E-state index in [2.05, 4.69) is 32.3 Å². The highest BCUT2D eigenvalue weighted by Crippen LogP contribution is 2.31. The van der Waals surface area contributed by atoms with Gasteiger partial charge >= 0.3 is 12.1 Å². The third-order valence-corrected chi connectivity index (χ3v) is 15.7. The first kappa shape index (κ1) is 49.2. The van der Waals surface area contributed by atoms with Crippen molar-refractivity contribution in [1.29, 1.82) is 0 Å². The van der Waals surface area contributed by atoms with Gasteiger partial charge in [-0.15, -0.1) is 45.3 Å². The largest absolute Gasteiger partial charge is 0.378 e. The molecule has 4 saturated heterocycles. The lowest BCUT2D eigenvalue weighted by Crippen LogP contribution is -2.47. The predicted octanol–water partition coefficient (Wildman–Crippen LogP) is 8.44. The number of ether oxygens (including phenoxy) is 2. The summed E-state index contributed by atoms with van der Waals surface area (Å²) in [4.78, 5) is 66.7. The summed E-state index contributed by atoms with van der Waals surface area (Å²) in [5.41, 5.74) is 7.86. The fraction of sp³-hybridized carbons (Fsp3) is 0.455. The number of H-pyrrole nitrogens is 1. The Hall–Kier alpha value is -4.25. The maximum atomic E-state index is 13.1. The summed E-state index contributed by atoms with van der Waals surface area (Å²) in [6.07, 6.45) is 5.14. The summed E-state index contributed by atoms with van der Waals surface area (Å²) in [6, 6.07) is 12.3. The van der Waals surface area contributed by atoms with E-state index < -0.39 is 5.24 Å². The topological polar surface area (TPSA) is 172 Å². The van der Waals surface area contributed by atoms with Crippen molar-refractivity contribution in [3.05, 3.63) is 111 Å². The van der Waals surface area contributed by atoms with Crippen LogP contribution in [0.2, 0.25) is 8.67 Å². The van der Waals surface area contributed by atoms with Crippen LogP contribution in [-0.2, 0) is 35.2 Å². The van der Waals surface area contributed by atoms with E-state index in [0.717, 1.165) is 76.6 Å². The minimum atomic E-state index is -0.494. The highest BCUT2D eigenvalue weighted by Gasteiger charge is 2.34. The van der Waals surface area contributed by atoms with Gasteiger partial charge in [0.1, 0.15) is 11.4 Å². The van der Waals surface area contributed by atoms with Crippen LogP contribution in [0.25, 0.3) is 0 Å². The molecule has 0 saturated carbocycles. The number of amides is 4. The van der Waals surface area contributed by atoms with Crippen LogP contribution in [0.1, 0.15) is 78.2 Å². The molecule has 67 heavy (non-hydrogen) atoms. The molecule has 23 heteroatoms. The maximum absolute atomic E-state index is 13.1. The second-order valence-corrected chi connectivity index (χ2v) is 21.5. The third kappa shape index (κ3) is 13.3. The average Bonchev–Trinajstić information content (AvgIpc) is 4.20. The number of thiophene rings is 2. The molecular formula is C44H49Cl3N10O6S4. The van der Waals surface area contributed by atoms with Gasteiger partial charge in [0.05, 0.1) is 57.5 Å². The molecule has 356 valence electrons. The Morgan fingerprint density at radius 3 is 1.69 bits per heavy atom. The number of nitrogens with one attached hydrogen (secondary N) is 1. The van der Waals surface area contributed by atoms with Crippen LogP contribution < -0.4 is 0 Å². The molecule has 4 aliphatic heterocycles. The smallest absolute Gasteiger partial charge is 0.320 e. The first-order valence-electron chi connectivity index (χ1n) is 21.9. The van der Waals surface area contributed by atoms with Crippen LogP contribution in [0.5, 0.6) is 0 Å². The quantitative estimate of drug-likeness (QED) is 0.131. The number of thiazole rings is 2. The number of urea groups is 2. The first-order chi connectivity index (χ1) is 32.6. The highest BCUT2D eigenvalue weighted by atomic mass is 35.5. The molecule has 2 atom stereocenters. The van der Waals surface area contributed by atoms with Gasteiger partial charge in [0.15, 0.2) is 0 Å². The van der Waals surface area contributed by atoms with Gasteiger partial charge in [-0.25, -0.2) is 19.6 Å². The number of rotatable bonds is 10. The molecule has 4 amide bonds. The van der Waals surface area contributed by atoms with Crippen molar-refractivity contribution in [2.75, 3.05) is 78.8 Å². The molecule has 1 N–H and O–H groups in total. The number of hydrogen-bond acceptors (Lipinski definition) is 14. The van der Waals surface area contributed by atoms with Crippen LogP contribution in [0.3, 0.4) is 0 Å². The number of likely N-dealkylation sites (tertiary alicyclic amines) is 2. The predicted molar refractivity (Wildman–Crippen MR) is 262 cm³/mol. The minimum absolute atomic E-state index is 0.0635. The highest BCUT2D eigenvalue weighted by molar-refractivity contribution is 7.16. The van der Waals surface area contributed by atoms with Crippen molar-refractivity contribution in [2.45, 2.75) is 50.4 Å². The van der Waals surface area contributed by atoms with Crippen molar-refractivity contribution in [1.82, 2.24) is 49.5 Å². The molecule has 6 aromatic rings. The second kappa shape index (κ2) is 23.9. The Morgan fingerprint density at radius 2 is 1.19 bits per heavy atom. The number of carbonyl (C=O) groups is 4. The number of aryl methyl sites for hydroxylation is 4. The van der Waals surface area contributed by atoms with Gasteiger partial charge in [-0.1, -0.05) is 23.2 Å². The summed E-state index contributed by atoms with van der Waals surface area (Å²) in [7, 11) is 0. The Morgan fingerprint density at radius 1 is 0.657 bits per heavy atom. The van der Waals surface area contributed by atoms with Gasteiger partial charge in [0.25, 0.3) is 11.1 Å². The number of aromatic nitrogens is 6. The van der Waals surface area contributed by atoms with E-state index in [-0.39, 0.29) is 23.9 Å². The van der Waals surface area contributed by atoms with Crippen molar-refractivity contribution >= 4 is 103 Å². The van der Waals surface area contributed by atoms with Crippen molar-refractivity contribution in [3.8, 4) is 0 Å². The Balaban J connectivity index is 0.000000159. The van der Waals surface area contributed by atoms with Crippen LogP contribution in [-0.4, -0.2) is 152 Å². The summed E-state index contributed by atoms with van der Waals surface area (Å²) in [5, 5.41) is 15.2. The molecule has 4 fully saturated rings. The van der Waals surface area contributed by atoms with E-state index in [4.69, 9.17) is 49.4 Å². The maximum Gasteiger partial charge on any atom is 0.320 e. The summed E-state index contributed by atoms with van der Waals surface area (Å²) < 4.78 is 13.8. The van der Waals surface area contributed by atoms with E-state index in [1.807, 2.05) is 43.9 Å². The zero-order chi connectivity index (χ0) is 46.7. The average molecular weight is 1050 g/mol. The SMILES string of the molecule is O=C(Cl)c1cscn1.O=C(N1CCOCC1)N1CCC(c2cc(CCc3ccc(Cl)s3)[nH]n2)C1.O=C(N1CCOCC1)N1CCC(c2cc(CCc3ccc(Cl)s3)n(C(=O)c3cscn3)n2)C1. The normalized spacial score (nSPS) is 18.4. The molecule has 0 spiro atoms. The van der Waals surface area contributed by atoms with Crippen molar-refractivity contribution in [2.24, 2.45) is 0 Å². The molecule has 4 aliphatic rings. The van der Waals surface area contributed by atoms with E-state index >= 15 is 0 Å². The van der Waals surface area contributed by atoms with Crippen molar-refractivity contribution < 1.29 is 28.7 Å². The van der Waals surface area contributed by atoms with E-state index in [9.17, 15) is 19.2 Å². The monoisotopic (exact) mass is 1050 g/mol. The number of halogens is 3. The minimum Gasteiger partial charge on any atom is -0.378 e. The van der Waals surface area contributed by atoms with Gasteiger partial charge in [0, 0.05) is 96.1 Å². The van der Waals surface area contributed by atoms with E-state index in [1.165, 1.54) is 37.1 Å². The van der Waals surface area contributed by atoms with Crippen LogP contribution in [0.4, 0.5) is 9.59 Å². The van der Waals surface area contributed by atoms with Crippen LogP contribution >= 0.6 is 80.1 Å². The summed E-state index contributed by atoms with van der Waals surface area (Å²) >= 11 is 23.0. The molecule has 0 aliphatic carbocycles. The molecule has 0 bridgehead atoms. The number of aromatic amines is 1. The molecule has 0 aromatic carbocycles. The van der Waals surface area contributed by atoms with Gasteiger partial charge < -0.3 is 29.1 Å².